The van der Waals surface area contributed by atoms with Crippen molar-refractivity contribution in [2.45, 2.75) is 19.1 Å². The number of nitrogens with zero attached hydrogens (tertiary/aromatic N) is 1. The zero-order valence-corrected chi connectivity index (χ0v) is 16.5. The van der Waals surface area contributed by atoms with Gasteiger partial charge < -0.3 is 20.1 Å². The van der Waals surface area contributed by atoms with E-state index in [1.807, 2.05) is 0 Å². The van der Waals surface area contributed by atoms with E-state index in [0.29, 0.717) is 17.1 Å². The van der Waals surface area contributed by atoms with E-state index in [0.717, 1.165) is 12.3 Å². The molecular formula is C21H20F3N3O3. The Morgan fingerprint density at radius 1 is 1.13 bits per heavy atom. The molecule has 2 aromatic rings. The number of carbonyl (C=O) groups excluding carboxylic acids is 1. The normalized spacial score (nSPS) is 12.5. The number of hydrogen-bond acceptors (Lipinski definition) is 5. The van der Waals surface area contributed by atoms with Gasteiger partial charge in [-0.3, -0.25) is 4.79 Å². The van der Waals surface area contributed by atoms with Crippen molar-refractivity contribution < 1.29 is 27.4 Å². The summed E-state index contributed by atoms with van der Waals surface area (Å²) < 4.78 is 49.6. The van der Waals surface area contributed by atoms with E-state index in [-0.39, 0.29) is 11.3 Å². The number of rotatable bonds is 7. The summed E-state index contributed by atoms with van der Waals surface area (Å²) in [5.41, 5.74) is -0.857. The van der Waals surface area contributed by atoms with Gasteiger partial charge in [0, 0.05) is 6.20 Å². The summed E-state index contributed by atoms with van der Waals surface area (Å²) in [4.78, 5) is 12.4. The van der Waals surface area contributed by atoms with Crippen molar-refractivity contribution in [3.63, 3.8) is 0 Å². The van der Waals surface area contributed by atoms with Crippen LogP contribution in [0, 0.1) is 11.3 Å². The number of nitriles is 1. The molecule has 0 aliphatic rings. The molecule has 6 nitrogen and oxygen atoms in total. The van der Waals surface area contributed by atoms with Crippen molar-refractivity contribution in [2.75, 3.05) is 19.5 Å². The second-order valence-corrected chi connectivity index (χ2v) is 6.17. The monoisotopic (exact) mass is 419 g/mol. The maximum atomic E-state index is 13.1. The number of para-hydroxylation sites is 1. The van der Waals surface area contributed by atoms with E-state index in [4.69, 9.17) is 9.47 Å². The Bertz CT molecular complexity index is 981. The third kappa shape index (κ3) is 5.44. The number of hydrogen-bond donors (Lipinski definition) is 2. The number of alkyl halides is 3. The number of amides is 1. The molecule has 9 heteroatoms. The highest BCUT2D eigenvalue weighted by atomic mass is 19.4. The Hall–Kier alpha value is -3.67. The molecule has 2 aromatic carbocycles. The van der Waals surface area contributed by atoms with Crippen LogP contribution in [-0.2, 0) is 11.0 Å². The molecular weight excluding hydrogens is 399 g/mol. The molecule has 0 aromatic heterocycles. The summed E-state index contributed by atoms with van der Waals surface area (Å²) in [6.07, 6.45) is -3.63. The topological polar surface area (TPSA) is 83.4 Å². The highest BCUT2D eigenvalue weighted by Gasteiger charge is 2.33. The number of nitrogens with one attached hydrogen (secondary N) is 2. The average Bonchev–Trinajstić information content (AvgIpc) is 2.73. The Balaban J connectivity index is 2.17. The predicted molar refractivity (Wildman–Crippen MR) is 105 cm³/mol. The Morgan fingerprint density at radius 2 is 1.80 bits per heavy atom. The average molecular weight is 419 g/mol. The fourth-order valence-electron chi connectivity index (χ4n) is 2.63. The van der Waals surface area contributed by atoms with Crippen LogP contribution in [0.4, 0.5) is 18.9 Å². The lowest BCUT2D eigenvalue weighted by molar-refractivity contribution is -0.136. The summed E-state index contributed by atoms with van der Waals surface area (Å²) in [5, 5.41) is 14.3. The summed E-state index contributed by atoms with van der Waals surface area (Å²) >= 11 is 0. The van der Waals surface area contributed by atoms with Crippen LogP contribution in [-0.4, -0.2) is 20.1 Å². The third-order valence-corrected chi connectivity index (χ3v) is 4.22. The molecule has 0 aliphatic carbocycles. The summed E-state index contributed by atoms with van der Waals surface area (Å²) in [6, 6.07) is 11.0. The van der Waals surface area contributed by atoms with Gasteiger partial charge in [-0.05, 0) is 36.8 Å². The fourth-order valence-corrected chi connectivity index (χ4v) is 2.63. The van der Waals surface area contributed by atoms with Crippen LogP contribution in [0.25, 0.3) is 0 Å². The molecule has 1 amide bonds. The van der Waals surface area contributed by atoms with Crippen LogP contribution < -0.4 is 20.1 Å². The van der Waals surface area contributed by atoms with Crippen molar-refractivity contribution in [3.05, 3.63) is 65.4 Å². The lowest BCUT2D eigenvalue weighted by Gasteiger charge is -2.16. The summed E-state index contributed by atoms with van der Waals surface area (Å²) in [7, 11) is 2.97. The number of benzene rings is 2. The second kappa shape index (κ2) is 9.69. The molecule has 2 N–H and O–H groups in total. The van der Waals surface area contributed by atoms with Gasteiger partial charge in [0.15, 0.2) is 11.5 Å². The quantitative estimate of drug-likeness (QED) is 0.513. The van der Waals surface area contributed by atoms with E-state index in [1.165, 1.54) is 32.4 Å². The number of halogens is 3. The first-order valence-corrected chi connectivity index (χ1v) is 8.77. The highest BCUT2D eigenvalue weighted by Crippen LogP contribution is 2.34. The highest BCUT2D eigenvalue weighted by molar-refractivity contribution is 5.97. The fraction of sp³-hybridized carbons (Fsp3) is 0.238. The van der Waals surface area contributed by atoms with Gasteiger partial charge in [-0.2, -0.15) is 18.4 Å². The van der Waals surface area contributed by atoms with E-state index in [1.54, 1.807) is 31.2 Å². The number of methoxy groups -OCH3 is 2. The van der Waals surface area contributed by atoms with E-state index < -0.39 is 23.7 Å². The maximum Gasteiger partial charge on any atom is 0.418 e. The van der Waals surface area contributed by atoms with Gasteiger partial charge in [-0.1, -0.05) is 18.2 Å². The van der Waals surface area contributed by atoms with Gasteiger partial charge >= 0.3 is 6.18 Å². The van der Waals surface area contributed by atoms with Crippen molar-refractivity contribution in [1.82, 2.24) is 5.32 Å². The van der Waals surface area contributed by atoms with Crippen LogP contribution in [0.5, 0.6) is 11.5 Å². The van der Waals surface area contributed by atoms with Gasteiger partial charge in [-0.25, -0.2) is 0 Å². The van der Waals surface area contributed by atoms with Crippen molar-refractivity contribution in [2.24, 2.45) is 0 Å². The Labute approximate surface area is 171 Å². The largest absolute Gasteiger partial charge is 0.493 e. The van der Waals surface area contributed by atoms with E-state index in [9.17, 15) is 23.2 Å². The van der Waals surface area contributed by atoms with Crippen molar-refractivity contribution in [1.29, 1.82) is 5.26 Å². The minimum atomic E-state index is -4.57. The first kappa shape index (κ1) is 22.6. The lowest BCUT2D eigenvalue weighted by Crippen LogP contribution is -2.28. The molecule has 2 rings (SSSR count). The maximum absolute atomic E-state index is 13.1. The molecule has 30 heavy (non-hydrogen) atoms. The molecule has 0 aliphatic heterocycles. The zero-order valence-electron chi connectivity index (χ0n) is 16.5. The summed E-state index contributed by atoms with van der Waals surface area (Å²) in [6.45, 7) is 1.69. The molecule has 0 radical (unpaired) electrons. The van der Waals surface area contributed by atoms with Crippen molar-refractivity contribution >= 4 is 11.6 Å². The molecule has 158 valence electrons. The predicted octanol–water partition coefficient (Wildman–Crippen LogP) is 4.42. The molecule has 0 fully saturated rings. The molecule has 0 heterocycles. The van der Waals surface area contributed by atoms with Crippen LogP contribution >= 0.6 is 0 Å². The van der Waals surface area contributed by atoms with Gasteiger partial charge in [0.2, 0.25) is 0 Å². The Morgan fingerprint density at radius 3 is 2.40 bits per heavy atom. The first-order chi connectivity index (χ1) is 14.2. The number of anilines is 1. The molecule has 0 bridgehead atoms. The van der Waals surface area contributed by atoms with Crippen LogP contribution in [0.3, 0.4) is 0 Å². The van der Waals surface area contributed by atoms with Crippen LogP contribution in [0.1, 0.15) is 24.1 Å². The number of carbonyl (C=O) groups is 1. The summed E-state index contributed by atoms with van der Waals surface area (Å²) in [5.74, 6) is 0.249. The second-order valence-electron chi connectivity index (χ2n) is 6.17. The minimum Gasteiger partial charge on any atom is -0.493 e. The molecule has 1 atom stereocenters. The Kier molecular flexibility index (Phi) is 7.31. The SMILES string of the molecule is COc1ccc(C(C)NC(=O)/C(C#N)=C\Nc2ccccc2C(F)(F)F)cc1OC. The molecule has 0 saturated carbocycles. The van der Waals surface area contributed by atoms with Gasteiger partial charge in [0.1, 0.15) is 11.6 Å². The van der Waals surface area contributed by atoms with Crippen LogP contribution in [0.2, 0.25) is 0 Å². The smallest absolute Gasteiger partial charge is 0.418 e. The van der Waals surface area contributed by atoms with Gasteiger partial charge in [0.25, 0.3) is 5.91 Å². The van der Waals surface area contributed by atoms with Gasteiger partial charge in [0.05, 0.1) is 31.5 Å². The molecule has 0 spiro atoms. The molecule has 0 saturated heterocycles. The first-order valence-electron chi connectivity index (χ1n) is 8.77. The molecule has 1 unspecified atom stereocenters. The minimum absolute atomic E-state index is 0.265. The number of ether oxygens (including phenoxy) is 2. The zero-order chi connectivity index (χ0) is 22.3. The van der Waals surface area contributed by atoms with Crippen molar-refractivity contribution in [3.8, 4) is 17.6 Å². The van der Waals surface area contributed by atoms with E-state index >= 15 is 0 Å². The lowest BCUT2D eigenvalue weighted by atomic mass is 10.1. The van der Waals surface area contributed by atoms with Gasteiger partial charge in [-0.15, -0.1) is 0 Å². The van der Waals surface area contributed by atoms with E-state index in [2.05, 4.69) is 10.6 Å². The van der Waals surface area contributed by atoms with Crippen LogP contribution in [0.15, 0.2) is 54.2 Å². The standard InChI is InChI=1S/C21H20F3N3O3/c1-13(14-8-9-18(29-2)19(10-14)30-3)27-20(28)15(11-25)12-26-17-7-5-4-6-16(17)21(22,23)24/h4-10,12-13,26H,1-3H3,(H,27,28)/b15-12-. The third-order valence-electron chi connectivity index (χ3n) is 4.22.